The van der Waals surface area contributed by atoms with Gasteiger partial charge in [-0.2, -0.15) is 0 Å². The number of hydrogen-bond donors (Lipinski definition) is 1. The van der Waals surface area contributed by atoms with Gasteiger partial charge in [-0.05, 0) is 44.9 Å². The average Bonchev–Trinajstić information content (AvgIpc) is 2.22. The minimum absolute atomic E-state index is 0.145. The lowest BCUT2D eigenvalue weighted by atomic mass is 10.1. The third-order valence-electron chi connectivity index (χ3n) is 2.39. The van der Waals surface area contributed by atoms with Crippen LogP contribution < -0.4 is 0 Å². The second-order valence-electron chi connectivity index (χ2n) is 3.68. The standard InChI is InChI=1S/C6H10O.C6H10/c7-6-4-2-1-3-5-6;1-2-4-6-5-3-1/h2,4,6-7H,1,3,5H2;1-2H,3-6H2. The van der Waals surface area contributed by atoms with E-state index in [0.29, 0.717) is 0 Å². The molecule has 1 N–H and O–H groups in total. The van der Waals surface area contributed by atoms with Gasteiger partial charge in [0.1, 0.15) is 0 Å². The Labute approximate surface area is 81.2 Å². The lowest BCUT2D eigenvalue weighted by molar-refractivity contribution is 0.204. The van der Waals surface area contributed by atoms with E-state index in [1.165, 1.54) is 25.7 Å². The van der Waals surface area contributed by atoms with E-state index in [0.717, 1.165) is 19.3 Å². The van der Waals surface area contributed by atoms with E-state index in [9.17, 15) is 0 Å². The predicted molar refractivity (Wildman–Crippen MR) is 56.6 cm³/mol. The number of aliphatic hydroxyl groups is 1. The molecule has 0 amide bonds. The molecule has 2 aliphatic carbocycles. The summed E-state index contributed by atoms with van der Waals surface area (Å²) in [5, 5.41) is 8.82. The van der Waals surface area contributed by atoms with Gasteiger partial charge >= 0.3 is 0 Å². The van der Waals surface area contributed by atoms with E-state index in [2.05, 4.69) is 12.2 Å². The van der Waals surface area contributed by atoms with Gasteiger partial charge in [-0.3, -0.25) is 0 Å². The van der Waals surface area contributed by atoms with Gasteiger partial charge in [-0.15, -0.1) is 0 Å². The molecular weight excluding hydrogens is 160 g/mol. The van der Waals surface area contributed by atoms with Gasteiger partial charge in [0.15, 0.2) is 0 Å². The summed E-state index contributed by atoms with van der Waals surface area (Å²) in [6.45, 7) is 0. The molecule has 0 bridgehead atoms. The SMILES string of the molecule is C1=CCCCC1.OC1C=CCCC1. The highest BCUT2D eigenvalue weighted by molar-refractivity contribution is 4.92. The molecule has 0 aliphatic heterocycles. The van der Waals surface area contributed by atoms with E-state index >= 15 is 0 Å². The van der Waals surface area contributed by atoms with Crippen molar-refractivity contribution in [2.45, 2.75) is 51.0 Å². The lowest BCUT2D eigenvalue weighted by Crippen LogP contribution is -2.04. The fraction of sp³-hybridized carbons (Fsp3) is 0.667. The molecule has 0 saturated heterocycles. The topological polar surface area (TPSA) is 20.2 Å². The van der Waals surface area contributed by atoms with Crippen LogP contribution in [-0.2, 0) is 0 Å². The van der Waals surface area contributed by atoms with Gasteiger partial charge in [0.25, 0.3) is 0 Å². The third kappa shape index (κ3) is 5.64. The van der Waals surface area contributed by atoms with Crippen molar-refractivity contribution in [2.75, 3.05) is 0 Å². The van der Waals surface area contributed by atoms with Crippen molar-refractivity contribution >= 4 is 0 Å². The number of aliphatic hydroxyl groups excluding tert-OH is 1. The normalized spacial score (nSPS) is 26.4. The van der Waals surface area contributed by atoms with Crippen LogP contribution in [0.4, 0.5) is 0 Å². The summed E-state index contributed by atoms with van der Waals surface area (Å²) in [6, 6.07) is 0. The summed E-state index contributed by atoms with van der Waals surface area (Å²) < 4.78 is 0. The Morgan fingerprint density at radius 1 is 0.846 bits per heavy atom. The maximum absolute atomic E-state index is 8.82. The van der Waals surface area contributed by atoms with Crippen LogP contribution in [-0.4, -0.2) is 11.2 Å². The van der Waals surface area contributed by atoms with Gasteiger partial charge in [0.2, 0.25) is 0 Å². The fourth-order valence-corrected chi connectivity index (χ4v) is 1.55. The second-order valence-corrected chi connectivity index (χ2v) is 3.68. The van der Waals surface area contributed by atoms with Gasteiger partial charge in [0.05, 0.1) is 6.10 Å². The maximum Gasteiger partial charge on any atom is 0.0721 e. The highest BCUT2D eigenvalue weighted by Crippen LogP contribution is 2.08. The lowest BCUT2D eigenvalue weighted by Gasteiger charge is -2.07. The molecule has 13 heavy (non-hydrogen) atoms. The minimum atomic E-state index is -0.145. The Morgan fingerprint density at radius 2 is 1.46 bits per heavy atom. The highest BCUT2D eigenvalue weighted by atomic mass is 16.3. The van der Waals surface area contributed by atoms with Crippen LogP contribution in [0.1, 0.15) is 44.9 Å². The van der Waals surface area contributed by atoms with Crippen LogP contribution in [0.25, 0.3) is 0 Å². The number of allylic oxidation sites excluding steroid dienone is 3. The Hall–Kier alpha value is -0.560. The molecule has 2 rings (SSSR count). The number of hydrogen-bond acceptors (Lipinski definition) is 1. The first kappa shape index (κ1) is 10.5. The average molecular weight is 180 g/mol. The molecule has 0 fully saturated rings. The molecule has 74 valence electrons. The van der Waals surface area contributed by atoms with Crippen molar-refractivity contribution < 1.29 is 5.11 Å². The van der Waals surface area contributed by atoms with Crippen LogP contribution >= 0.6 is 0 Å². The molecular formula is C12H20O. The molecule has 1 unspecified atom stereocenters. The first-order chi connectivity index (χ1) is 6.39. The molecule has 2 aliphatic rings. The zero-order valence-electron chi connectivity index (χ0n) is 8.28. The highest BCUT2D eigenvalue weighted by Gasteiger charge is 2.00. The maximum atomic E-state index is 8.82. The van der Waals surface area contributed by atoms with Crippen molar-refractivity contribution in [3.05, 3.63) is 24.3 Å². The van der Waals surface area contributed by atoms with Crippen LogP contribution in [0.15, 0.2) is 24.3 Å². The predicted octanol–water partition coefficient (Wildman–Crippen LogP) is 3.20. The summed E-state index contributed by atoms with van der Waals surface area (Å²) in [4.78, 5) is 0. The smallest absolute Gasteiger partial charge is 0.0721 e. The van der Waals surface area contributed by atoms with Gasteiger partial charge in [-0.1, -0.05) is 24.3 Å². The van der Waals surface area contributed by atoms with E-state index in [-0.39, 0.29) is 6.10 Å². The molecule has 1 atom stereocenters. The van der Waals surface area contributed by atoms with E-state index in [1.54, 1.807) is 0 Å². The summed E-state index contributed by atoms with van der Waals surface area (Å²) >= 11 is 0. The molecule has 0 aromatic rings. The van der Waals surface area contributed by atoms with E-state index < -0.39 is 0 Å². The first-order valence-electron chi connectivity index (χ1n) is 5.39. The largest absolute Gasteiger partial charge is 0.389 e. The van der Waals surface area contributed by atoms with Crippen molar-refractivity contribution in [1.82, 2.24) is 0 Å². The Kier molecular flexibility index (Phi) is 5.59. The zero-order valence-corrected chi connectivity index (χ0v) is 8.28. The van der Waals surface area contributed by atoms with Crippen LogP contribution in [0.5, 0.6) is 0 Å². The molecule has 0 heterocycles. The van der Waals surface area contributed by atoms with Crippen LogP contribution in [0, 0.1) is 0 Å². The molecule has 1 heteroatoms. The quantitative estimate of drug-likeness (QED) is 0.567. The Balaban J connectivity index is 0.000000132. The fourth-order valence-electron chi connectivity index (χ4n) is 1.55. The van der Waals surface area contributed by atoms with E-state index in [4.69, 9.17) is 5.11 Å². The van der Waals surface area contributed by atoms with Gasteiger partial charge in [-0.25, -0.2) is 0 Å². The molecule has 0 radical (unpaired) electrons. The summed E-state index contributed by atoms with van der Waals surface area (Å²) in [5.74, 6) is 0. The second kappa shape index (κ2) is 6.90. The first-order valence-corrected chi connectivity index (χ1v) is 5.39. The van der Waals surface area contributed by atoms with Crippen molar-refractivity contribution in [3.8, 4) is 0 Å². The van der Waals surface area contributed by atoms with Gasteiger partial charge < -0.3 is 5.11 Å². The number of rotatable bonds is 0. The van der Waals surface area contributed by atoms with Crippen molar-refractivity contribution in [1.29, 1.82) is 0 Å². The summed E-state index contributed by atoms with van der Waals surface area (Å²) in [7, 11) is 0. The van der Waals surface area contributed by atoms with E-state index in [1.807, 2.05) is 12.2 Å². The molecule has 1 nitrogen and oxygen atoms in total. The molecule has 0 spiro atoms. The zero-order chi connectivity index (χ0) is 9.36. The van der Waals surface area contributed by atoms with Crippen molar-refractivity contribution in [3.63, 3.8) is 0 Å². The van der Waals surface area contributed by atoms with Gasteiger partial charge in [0, 0.05) is 0 Å². The molecule has 0 saturated carbocycles. The molecule has 0 aromatic heterocycles. The summed E-state index contributed by atoms with van der Waals surface area (Å²) in [6.07, 6.45) is 17.0. The Bertz CT molecular complexity index is 162. The third-order valence-corrected chi connectivity index (χ3v) is 2.39. The monoisotopic (exact) mass is 180 g/mol. The molecule has 0 aromatic carbocycles. The minimum Gasteiger partial charge on any atom is -0.389 e. The summed E-state index contributed by atoms with van der Waals surface area (Å²) in [5.41, 5.74) is 0. The van der Waals surface area contributed by atoms with Crippen LogP contribution in [0.2, 0.25) is 0 Å². The Morgan fingerprint density at radius 3 is 1.69 bits per heavy atom. The van der Waals surface area contributed by atoms with Crippen molar-refractivity contribution in [2.24, 2.45) is 0 Å². The van der Waals surface area contributed by atoms with Crippen LogP contribution in [0.3, 0.4) is 0 Å².